The number of rotatable bonds is 10. The molecule has 4 aromatic rings. The zero-order chi connectivity index (χ0) is 29.6. The third-order valence-corrected chi connectivity index (χ3v) is 8.82. The molecule has 1 saturated heterocycles. The molecule has 42 heavy (non-hydrogen) atoms. The standard InChI is InChI=1S/C32H32Cl2N4O3S/c1-20(36-31(39)29-19-35-18-28(29)21-5-7-23(33)8-6-21)3-4-22-17-30(42-27-15-9-24(34)10-16-27)37-38(32(22)40)25-11-13-26(41-2)14-12-25/h5-17,20,28-29,35H,3-4,18-19H2,1-2H3,(H,36,39)/t20-,28-,29+/m1/s1. The summed E-state index contributed by atoms with van der Waals surface area (Å²) in [4.78, 5) is 27.8. The summed E-state index contributed by atoms with van der Waals surface area (Å²) in [7, 11) is 1.60. The summed E-state index contributed by atoms with van der Waals surface area (Å²) in [5.74, 6) is 0.610. The van der Waals surface area contributed by atoms with Crippen molar-refractivity contribution in [1.82, 2.24) is 20.4 Å². The van der Waals surface area contributed by atoms with Gasteiger partial charge in [0.1, 0.15) is 10.8 Å². The minimum absolute atomic E-state index is 0.0109. The molecule has 1 aliphatic heterocycles. The summed E-state index contributed by atoms with van der Waals surface area (Å²) in [6.45, 7) is 3.34. The van der Waals surface area contributed by atoms with Gasteiger partial charge < -0.3 is 15.4 Å². The molecule has 0 saturated carbocycles. The Balaban J connectivity index is 1.32. The van der Waals surface area contributed by atoms with Crippen LogP contribution < -0.4 is 20.9 Å². The molecular formula is C32H32Cl2N4O3S. The summed E-state index contributed by atoms with van der Waals surface area (Å²) in [6.07, 6.45) is 1.08. The van der Waals surface area contributed by atoms with E-state index in [1.165, 1.54) is 16.4 Å². The van der Waals surface area contributed by atoms with Gasteiger partial charge in [-0.1, -0.05) is 47.1 Å². The van der Waals surface area contributed by atoms with Crippen LogP contribution in [0.2, 0.25) is 10.0 Å². The van der Waals surface area contributed by atoms with E-state index in [0.29, 0.717) is 51.5 Å². The van der Waals surface area contributed by atoms with Crippen molar-refractivity contribution in [3.05, 3.63) is 110 Å². The largest absolute Gasteiger partial charge is 0.497 e. The average molecular weight is 624 g/mol. The summed E-state index contributed by atoms with van der Waals surface area (Å²) in [6, 6.07) is 24.1. The van der Waals surface area contributed by atoms with E-state index < -0.39 is 0 Å². The maximum Gasteiger partial charge on any atom is 0.274 e. The maximum atomic E-state index is 13.6. The van der Waals surface area contributed by atoms with Gasteiger partial charge in [-0.2, -0.15) is 9.78 Å². The molecule has 1 aliphatic rings. The lowest BCUT2D eigenvalue weighted by atomic mass is 9.88. The number of halogens is 2. The molecule has 0 unspecified atom stereocenters. The Labute approximate surface area is 259 Å². The van der Waals surface area contributed by atoms with E-state index in [2.05, 4.69) is 15.7 Å². The molecule has 0 aliphatic carbocycles. The lowest BCUT2D eigenvalue weighted by Gasteiger charge is -2.21. The number of benzene rings is 3. The Morgan fingerprint density at radius 1 is 1.05 bits per heavy atom. The molecule has 218 valence electrons. The Morgan fingerprint density at radius 3 is 2.38 bits per heavy atom. The first-order valence-electron chi connectivity index (χ1n) is 13.8. The SMILES string of the molecule is COc1ccc(-n2nc(Sc3ccc(Cl)cc3)cc(CC[C@@H](C)NC(=O)[C@H]3CNC[C@@H]3c3ccc(Cl)cc3)c2=O)cc1. The second kappa shape index (κ2) is 13.8. The minimum atomic E-state index is -0.193. The molecule has 7 nitrogen and oxygen atoms in total. The highest BCUT2D eigenvalue weighted by atomic mass is 35.5. The summed E-state index contributed by atoms with van der Waals surface area (Å²) in [5, 5.41) is 13.2. The van der Waals surface area contributed by atoms with Crippen LogP contribution in [0.15, 0.2) is 93.6 Å². The van der Waals surface area contributed by atoms with Gasteiger partial charge in [-0.25, -0.2) is 0 Å². The van der Waals surface area contributed by atoms with Crippen molar-refractivity contribution in [2.75, 3.05) is 20.2 Å². The fourth-order valence-corrected chi connectivity index (χ4v) is 6.17. The molecule has 5 rings (SSSR count). The smallest absolute Gasteiger partial charge is 0.274 e. The van der Waals surface area contributed by atoms with Crippen molar-refractivity contribution in [2.45, 2.75) is 41.6 Å². The van der Waals surface area contributed by atoms with Gasteiger partial charge in [0.25, 0.3) is 5.56 Å². The van der Waals surface area contributed by atoms with Crippen molar-refractivity contribution >= 4 is 40.9 Å². The van der Waals surface area contributed by atoms with Crippen LogP contribution in [0.3, 0.4) is 0 Å². The molecular weight excluding hydrogens is 591 g/mol. The first-order valence-corrected chi connectivity index (χ1v) is 15.4. The second-order valence-corrected chi connectivity index (χ2v) is 12.3. The van der Waals surface area contributed by atoms with E-state index >= 15 is 0 Å². The van der Waals surface area contributed by atoms with Crippen LogP contribution in [0, 0.1) is 5.92 Å². The van der Waals surface area contributed by atoms with E-state index in [9.17, 15) is 9.59 Å². The lowest BCUT2D eigenvalue weighted by molar-refractivity contribution is -0.125. The third kappa shape index (κ3) is 7.36. The molecule has 0 spiro atoms. The number of hydrogen-bond acceptors (Lipinski definition) is 6. The minimum Gasteiger partial charge on any atom is -0.497 e. The number of carbonyl (C=O) groups is 1. The Morgan fingerprint density at radius 2 is 1.71 bits per heavy atom. The maximum absolute atomic E-state index is 13.6. The topological polar surface area (TPSA) is 85.2 Å². The summed E-state index contributed by atoms with van der Waals surface area (Å²) in [5.41, 5.74) is 2.17. The molecule has 1 fully saturated rings. The highest BCUT2D eigenvalue weighted by molar-refractivity contribution is 7.99. The first kappa shape index (κ1) is 30.2. The fraction of sp³-hybridized carbons (Fsp3) is 0.281. The van der Waals surface area contributed by atoms with Gasteiger partial charge in [-0.05, 0) is 92.1 Å². The van der Waals surface area contributed by atoms with E-state index in [1.807, 2.05) is 73.7 Å². The number of methoxy groups -OCH3 is 1. The number of nitrogens with zero attached hydrogens (tertiary/aromatic N) is 2. The number of nitrogens with one attached hydrogen (secondary N) is 2. The second-order valence-electron chi connectivity index (χ2n) is 10.3. The molecule has 0 radical (unpaired) electrons. The number of hydrogen-bond donors (Lipinski definition) is 2. The predicted molar refractivity (Wildman–Crippen MR) is 168 cm³/mol. The van der Waals surface area contributed by atoms with E-state index in [-0.39, 0.29) is 29.3 Å². The van der Waals surface area contributed by atoms with Crippen molar-refractivity contribution in [1.29, 1.82) is 0 Å². The fourth-order valence-electron chi connectivity index (χ4n) is 5.08. The summed E-state index contributed by atoms with van der Waals surface area (Å²) >= 11 is 13.6. The van der Waals surface area contributed by atoms with Crippen molar-refractivity contribution in [3.63, 3.8) is 0 Å². The highest BCUT2D eigenvalue weighted by Crippen LogP contribution is 2.30. The van der Waals surface area contributed by atoms with Crippen LogP contribution in [-0.4, -0.2) is 41.9 Å². The van der Waals surface area contributed by atoms with Crippen LogP contribution >= 0.6 is 35.0 Å². The molecule has 2 N–H and O–H groups in total. The Bertz CT molecular complexity index is 1580. The quantitative estimate of drug-likeness (QED) is 0.221. The monoisotopic (exact) mass is 622 g/mol. The number of aryl methyl sites for hydroxylation is 1. The van der Waals surface area contributed by atoms with Gasteiger partial charge in [0.2, 0.25) is 5.91 Å². The van der Waals surface area contributed by atoms with Gasteiger partial charge >= 0.3 is 0 Å². The van der Waals surface area contributed by atoms with E-state index in [4.69, 9.17) is 27.9 Å². The molecule has 2 heterocycles. The van der Waals surface area contributed by atoms with Crippen LogP contribution in [0.1, 0.15) is 30.4 Å². The number of aromatic nitrogens is 2. The first-order chi connectivity index (χ1) is 20.3. The average Bonchev–Trinajstić information content (AvgIpc) is 3.49. The van der Waals surface area contributed by atoms with Gasteiger partial charge in [0, 0.05) is 45.6 Å². The van der Waals surface area contributed by atoms with Gasteiger partial charge in [-0.3, -0.25) is 9.59 Å². The zero-order valence-electron chi connectivity index (χ0n) is 23.3. The Kier molecular flexibility index (Phi) is 9.90. The molecule has 3 atom stereocenters. The Hall–Kier alpha value is -3.30. The van der Waals surface area contributed by atoms with Gasteiger partial charge in [0.05, 0.1) is 18.7 Å². The zero-order valence-corrected chi connectivity index (χ0v) is 25.7. The number of amides is 1. The third-order valence-electron chi connectivity index (χ3n) is 7.40. The van der Waals surface area contributed by atoms with Crippen molar-refractivity contribution < 1.29 is 9.53 Å². The predicted octanol–water partition coefficient (Wildman–Crippen LogP) is 6.14. The summed E-state index contributed by atoms with van der Waals surface area (Å²) < 4.78 is 6.70. The molecule has 1 amide bonds. The normalized spacial score (nSPS) is 17.1. The molecule has 0 bridgehead atoms. The van der Waals surface area contributed by atoms with Crippen molar-refractivity contribution in [2.24, 2.45) is 5.92 Å². The van der Waals surface area contributed by atoms with Crippen LogP contribution in [0.25, 0.3) is 5.69 Å². The van der Waals surface area contributed by atoms with E-state index in [1.54, 1.807) is 19.2 Å². The number of ether oxygens (including phenoxy) is 1. The van der Waals surface area contributed by atoms with Crippen LogP contribution in [0.4, 0.5) is 0 Å². The van der Waals surface area contributed by atoms with Crippen molar-refractivity contribution in [3.8, 4) is 11.4 Å². The van der Waals surface area contributed by atoms with Gasteiger partial charge in [-0.15, -0.1) is 0 Å². The molecule has 3 aromatic carbocycles. The van der Waals surface area contributed by atoms with Crippen LogP contribution in [-0.2, 0) is 11.2 Å². The molecule has 1 aromatic heterocycles. The number of carbonyl (C=O) groups excluding carboxylic acids is 1. The van der Waals surface area contributed by atoms with E-state index in [0.717, 1.165) is 17.0 Å². The van der Waals surface area contributed by atoms with Crippen LogP contribution in [0.5, 0.6) is 5.75 Å². The highest BCUT2D eigenvalue weighted by Gasteiger charge is 2.34. The lowest BCUT2D eigenvalue weighted by Crippen LogP contribution is -2.40. The van der Waals surface area contributed by atoms with Gasteiger partial charge in [0.15, 0.2) is 0 Å². The molecule has 10 heteroatoms.